The van der Waals surface area contributed by atoms with Gasteiger partial charge in [0.05, 0.1) is 12.2 Å². The number of likely N-dealkylation sites (tertiary alicyclic amines) is 1. The maximum absolute atomic E-state index is 12.6. The number of rotatable bonds is 5. The van der Waals surface area contributed by atoms with Crippen LogP contribution in [0.25, 0.3) is 0 Å². The first-order chi connectivity index (χ1) is 9.04. The van der Waals surface area contributed by atoms with Gasteiger partial charge in [0, 0.05) is 12.6 Å². The number of hydrogen-bond donors (Lipinski definition) is 1. The van der Waals surface area contributed by atoms with Crippen molar-refractivity contribution in [1.82, 2.24) is 15.1 Å². The van der Waals surface area contributed by atoms with E-state index in [1.807, 2.05) is 0 Å². The van der Waals surface area contributed by atoms with Crippen LogP contribution in [-0.2, 0) is 4.79 Å². The SMILES string of the molecule is CCC1NC(C(C)C)C(=O)N1C(C)CN1CCCC1. The van der Waals surface area contributed by atoms with Gasteiger partial charge < -0.3 is 9.80 Å². The second-order valence-corrected chi connectivity index (χ2v) is 6.41. The van der Waals surface area contributed by atoms with E-state index < -0.39 is 0 Å². The van der Waals surface area contributed by atoms with Crippen molar-refractivity contribution in [3.05, 3.63) is 0 Å². The molecule has 0 aliphatic carbocycles. The van der Waals surface area contributed by atoms with Gasteiger partial charge in [-0.2, -0.15) is 0 Å². The average molecular weight is 267 g/mol. The van der Waals surface area contributed by atoms with Gasteiger partial charge in [0.25, 0.3) is 0 Å². The predicted octanol–water partition coefficient (Wildman–Crippen LogP) is 1.66. The molecule has 0 aromatic rings. The molecule has 3 atom stereocenters. The largest absolute Gasteiger partial charge is 0.322 e. The molecule has 2 aliphatic rings. The first-order valence-electron chi connectivity index (χ1n) is 7.85. The van der Waals surface area contributed by atoms with Gasteiger partial charge in [-0.25, -0.2) is 0 Å². The molecule has 0 spiro atoms. The zero-order valence-electron chi connectivity index (χ0n) is 12.9. The number of carbonyl (C=O) groups excluding carboxylic acids is 1. The molecule has 2 saturated heterocycles. The Morgan fingerprint density at radius 2 is 1.89 bits per heavy atom. The summed E-state index contributed by atoms with van der Waals surface area (Å²) in [6.45, 7) is 12.0. The molecular weight excluding hydrogens is 238 g/mol. The van der Waals surface area contributed by atoms with Crippen molar-refractivity contribution in [1.29, 1.82) is 0 Å². The first-order valence-corrected chi connectivity index (χ1v) is 7.85. The van der Waals surface area contributed by atoms with Crippen molar-refractivity contribution in [3.63, 3.8) is 0 Å². The van der Waals surface area contributed by atoms with E-state index in [2.05, 4.69) is 42.8 Å². The van der Waals surface area contributed by atoms with Crippen LogP contribution in [0, 0.1) is 5.92 Å². The van der Waals surface area contributed by atoms with Crippen LogP contribution in [0.2, 0.25) is 0 Å². The van der Waals surface area contributed by atoms with Crippen LogP contribution in [0.3, 0.4) is 0 Å². The van der Waals surface area contributed by atoms with Crippen molar-refractivity contribution < 1.29 is 4.79 Å². The molecule has 2 fully saturated rings. The van der Waals surface area contributed by atoms with Crippen LogP contribution in [0.4, 0.5) is 0 Å². The highest BCUT2D eigenvalue weighted by molar-refractivity contribution is 5.84. The van der Waals surface area contributed by atoms with E-state index in [9.17, 15) is 4.79 Å². The van der Waals surface area contributed by atoms with E-state index in [0.29, 0.717) is 17.9 Å². The van der Waals surface area contributed by atoms with Crippen LogP contribution in [-0.4, -0.2) is 53.6 Å². The summed E-state index contributed by atoms with van der Waals surface area (Å²) >= 11 is 0. The molecule has 110 valence electrons. The minimum absolute atomic E-state index is 0.00554. The van der Waals surface area contributed by atoms with E-state index in [4.69, 9.17) is 0 Å². The van der Waals surface area contributed by atoms with Crippen LogP contribution in [0.1, 0.15) is 47.0 Å². The van der Waals surface area contributed by atoms with Crippen molar-refractivity contribution >= 4 is 5.91 Å². The van der Waals surface area contributed by atoms with Gasteiger partial charge in [0.2, 0.25) is 5.91 Å². The third kappa shape index (κ3) is 3.11. The third-order valence-electron chi connectivity index (χ3n) is 4.48. The second-order valence-electron chi connectivity index (χ2n) is 6.41. The fraction of sp³-hybridized carbons (Fsp3) is 0.933. The monoisotopic (exact) mass is 267 g/mol. The normalized spacial score (nSPS) is 30.6. The first kappa shape index (κ1) is 14.8. The summed E-state index contributed by atoms with van der Waals surface area (Å²) in [5, 5.41) is 3.50. The molecule has 19 heavy (non-hydrogen) atoms. The molecule has 1 amide bonds. The van der Waals surface area contributed by atoms with Gasteiger partial charge >= 0.3 is 0 Å². The molecule has 2 heterocycles. The van der Waals surface area contributed by atoms with Crippen LogP contribution in [0.15, 0.2) is 0 Å². The topological polar surface area (TPSA) is 35.6 Å². The lowest BCUT2D eigenvalue weighted by Crippen LogP contribution is -2.47. The molecule has 0 bridgehead atoms. The summed E-state index contributed by atoms with van der Waals surface area (Å²) in [5.41, 5.74) is 0. The molecule has 2 aliphatic heterocycles. The average Bonchev–Trinajstić information content (AvgIpc) is 2.96. The summed E-state index contributed by atoms with van der Waals surface area (Å²) in [7, 11) is 0. The van der Waals surface area contributed by atoms with Gasteiger partial charge in [-0.1, -0.05) is 20.8 Å². The fourth-order valence-electron chi connectivity index (χ4n) is 3.42. The van der Waals surface area contributed by atoms with Gasteiger partial charge in [0.15, 0.2) is 0 Å². The number of hydrogen-bond acceptors (Lipinski definition) is 3. The molecular formula is C15H29N3O. The standard InChI is InChI=1S/C15H29N3O/c1-5-13-16-14(11(2)3)15(19)18(13)12(4)10-17-8-6-7-9-17/h11-14,16H,5-10H2,1-4H3. The van der Waals surface area contributed by atoms with E-state index in [-0.39, 0.29) is 12.2 Å². The van der Waals surface area contributed by atoms with Crippen LogP contribution < -0.4 is 5.32 Å². The Kier molecular flexibility index (Phi) is 4.85. The lowest BCUT2D eigenvalue weighted by molar-refractivity contribution is -0.133. The van der Waals surface area contributed by atoms with Crippen LogP contribution >= 0.6 is 0 Å². The predicted molar refractivity (Wildman–Crippen MR) is 77.8 cm³/mol. The maximum atomic E-state index is 12.6. The number of amides is 1. The second kappa shape index (κ2) is 6.23. The summed E-state index contributed by atoms with van der Waals surface area (Å²) < 4.78 is 0. The minimum Gasteiger partial charge on any atom is -0.322 e. The summed E-state index contributed by atoms with van der Waals surface area (Å²) in [6.07, 6.45) is 3.83. The Morgan fingerprint density at radius 3 is 2.42 bits per heavy atom. The maximum Gasteiger partial charge on any atom is 0.241 e. The summed E-state index contributed by atoms with van der Waals surface area (Å²) in [5.74, 6) is 0.666. The quantitative estimate of drug-likeness (QED) is 0.823. The van der Waals surface area contributed by atoms with Crippen molar-refractivity contribution in [2.75, 3.05) is 19.6 Å². The molecule has 4 heteroatoms. The van der Waals surface area contributed by atoms with Crippen LogP contribution in [0.5, 0.6) is 0 Å². The molecule has 0 aromatic heterocycles. The Hall–Kier alpha value is -0.610. The molecule has 4 nitrogen and oxygen atoms in total. The lowest BCUT2D eigenvalue weighted by Gasteiger charge is -2.32. The lowest BCUT2D eigenvalue weighted by atomic mass is 10.0. The Labute approximate surface area is 117 Å². The Balaban J connectivity index is 2.01. The van der Waals surface area contributed by atoms with Crippen molar-refractivity contribution in [2.45, 2.75) is 65.2 Å². The van der Waals surface area contributed by atoms with Crippen molar-refractivity contribution in [3.8, 4) is 0 Å². The van der Waals surface area contributed by atoms with Gasteiger partial charge in [-0.15, -0.1) is 0 Å². The molecule has 3 unspecified atom stereocenters. The number of nitrogens with zero attached hydrogens (tertiary/aromatic N) is 2. The molecule has 0 saturated carbocycles. The van der Waals surface area contributed by atoms with Gasteiger partial charge in [-0.05, 0) is 45.2 Å². The number of nitrogens with one attached hydrogen (secondary N) is 1. The summed E-state index contributed by atoms with van der Waals surface area (Å²) in [6, 6.07) is 0.317. The number of carbonyl (C=O) groups is 1. The fourth-order valence-corrected chi connectivity index (χ4v) is 3.42. The van der Waals surface area contributed by atoms with E-state index in [0.717, 1.165) is 13.0 Å². The van der Waals surface area contributed by atoms with E-state index in [1.165, 1.54) is 25.9 Å². The highest BCUT2D eigenvalue weighted by atomic mass is 16.2. The van der Waals surface area contributed by atoms with Gasteiger partial charge in [0.1, 0.15) is 0 Å². The highest BCUT2D eigenvalue weighted by Gasteiger charge is 2.41. The Morgan fingerprint density at radius 1 is 1.26 bits per heavy atom. The van der Waals surface area contributed by atoms with E-state index in [1.54, 1.807) is 0 Å². The zero-order chi connectivity index (χ0) is 14.0. The third-order valence-corrected chi connectivity index (χ3v) is 4.48. The summed E-state index contributed by atoms with van der Waals surface area (Å²) in [4.78, 5) is 17.2. The molecule has 0 radical (unpaired) electrons. The smallest absolute Gasteiger partial charge is 0.241 e. The molecule has 2 rings (SSSR count). The zero-order valence-corrected chi connectivity index (χ0v) is 12.9. The Bertz CT molecular complexity index is 313. The van der Waals surface area contributed by atoms with Gasteiger partial charge in [-0.3, -0.25) is 10.1 Å². The minimum atomic E-state index is 0.00554. The molecule has 1 N–H and O–H groups in total. The molecule has 0 aromatic carbocycles. The highest BCUT2D eigenvalue weighted by Crippen LogP contribution is 2.22. The van der Waals surface area contributed by atoms with Crippen molar-refractivity contribution in [2.24, 2.45) is 5.92 Å². The van der Waals surface area contributed by atoms with E-state index >= 15 is 0 Å².